The Hall–Kier alpha value is -5.41. The number of benzene rings is 1. The number of nitrogens with one attached hydrogen (secondary N) is 2. The van der Waals surface area contributed by atoms with Crippen molar-refractivity contribution in [3.05, 3.63) is 35.9 Å². The van der Waals surface area contributed by atoms with Gasteiger partial charge in [0, 0.05) is 41.4 Å². The lowest BCUT2D eigenvalue weighted by Gasteiger charge is -2.29. The summed E-state index contributed by atoms with van der Waals surface area (Å²) >= 11 is 0. The van der Waals surface area contributed by atoms with Crippen molar-refractivity contribution in [2.45, 2.75) is 72.7 Å². The molecule has 0 spiro atoms. The van der Waals surface area contributed by atoms with Crippen molar-refractivity contribution in [2.75, 3.05) is 41.8 Å². The van der Waals surface area contributed by atoms with Crippen LogP contribution in [0.2, 0.25) is 0 Å². The van der Waals surface area contributed by atoms with Crippen LogP contribution in [0.1, 0.15) is 54.0 Å². The van der Waals surface area contributed by atoms with Gasteiger partial charge in [0.15, 0.2) is 5.82 Å². The number of nitrogens with zero attached hydrogens (tertiary/aromatic N) is 4. The minimum absolute atomic E-state index is 0.0194. The second kappa shape index (κ2) is 13.5. The molecule has 3 N–H and O–H groups in total. The smallest absolute Gasteiger partial charge is 0.413 e. The molecule has 0 bridgehead atoms. The lowest BCUT2D eigenvalue weighted by Crippen LogP contribution is -2.37. The number of ether oxygens (including phenoxy) is 4. The Bertz CT molecular complexity index is 1860. The number of carboxylic acid groups (broad SMARTS) is 1. The van der Waals surface area contributed by atoms with Gasteiger partial charge in [-0.2, -0.15) is 0 Å². The number of hydrogen-bond donors (Lipinski definition) is 3. The third kappa shape index (κ3) is 7.90. The summed E-state index contributed by atoms with van der Waals surface area (Å²) in [5.41, 5.74) is -1.04. The van der Waals surface area contributed by atoms with Crippen LogP contribution in [0.5, 0.6) is 5.88 Å². The van der Waals surface area contributed by atoms with Gasteiger partial charge in [0.2, 0.25) is 5.88 Å². The minimum Gasteiger partial charge on any atom is -0.474 e. The fourth-order valence-electron chi connectivity index (χ4n) is 5.70. The van der Waals surface area contributed by atoms with Crippen LogP contribution in [0.3, 0.4) is 0 Å². The summed E-state index contributed by atoms with van der Waals surface area (Å²) in [7, 11) is 0. The highest BCUT2D eigenvalue weighted by Crippen LogP contribution is 2.42. The van der Waals surface area contributed by atoms with E-state index < -0.39 is 47.5 Å². The number of pyridine rings is 2. The third-order valence-corrected chi connectivity index (χ3v) is 7.89. The summed E-state index contributed by atoms with van der Waals surface area (Å²) < 4.78 is 38.5. The average molecular weight is 697 g/mol. The molecule has 0 unspecified atom stereocenters. The molecule has 5 rings (SSSR count). The number of fused-ring (bicyclic) bond motifs is 2. The highest BCUT2D eigenvalue weighted by molar-refractivity contribution is 6.05. The number of carbonyl (C=O) groups is 4. The quantitative estimate of drug-likeness (QED) is 0.245. The first-order valence-electron chi connectivity index (χ1n) is 16.0. The number of amides is 4. The molecule has 16 heteroatoms. The monoisotopic (exact) mass is 696 g/mol. The number of rotatable bonds is 4. The summed E-state index contributed by atoms with van der Waals surface area (Å²) in [5.74, 6) is -0.865. The van der Waals surface area contributed by atoms with Crippen LogP contribution in [-0.2, 0) is 14.2 Å². The first kappa shape index (κ1) is 35.9. The molecule has 1 aromatic carbocycles. The lowest BCUT2D eigenvalue weighted by atomic mass is 9.96. The van der Waals surface area contributed by atoms with Crippen LogP contribution in [-0.4, -0.2) is 87.9 Å². The molecule has 2 aliphatic heterocycles. The fourth-order valence-corrected chi connectivity index (χ4v) is 5.70. The topological polar surface area (TPSA) is 182 Å². The van der Waals surface area contributed by atoms with Gasteiger partial charge < -0.3 is 29.0 Å². The van der Waals surface area contributed by atoms with E-state index >= 15 is 4.39 Å². The molecule has 50 heavy (non-hydrogen) atoms. The molecular formula is C34H41FN6O9. The molecule has 3 aromatic rings. The van der Waals surface area contributed by atoms with Crippen molar-refractivity contribution in [2.24, 2.45) is 5.92 Å². The Labute approximate surface area is 288 Å². The average Bonchev–Trinajstić information content (AvgIpc) is 3.36. The van der Waals surface area contributed by atoms with Gasteiger partial charge in [-0.25, -0.2) is 33.5 Å². The normalized spacial score (nSPS) is 17.5. The molecule has 0 aliphatic carbocycles. The first-order valence-corrected chi connectivity index (χ1v) is 16.0. The zero-order chi connectivity index (χ0) is 36.7. The summed E-state index contributed by atoms with van der Waals surface area (Å²) in [5, 5.41) is 15.4. The zero-order valence-electron chi connectivity index (χ0n) is 29.2. The second-order valence-corrected chi connectivity index (χ2v) is 14.2. The Morgan fingerprint density at radius 2 is 1.66 bits per heavy atom. The molecule has 4 heterocycles. The number of halogens is 1. The standard InChI is InChI=1S/C34H41FN6O9/c1-17-15-40(32(46)50-34(6,7)8)16-23(17)48-29(42)38-24-12-19-11-20(21-13-37-28-27(18(21)2)41(31(44)45)9-10-47-28)25(35)26(22(19)14-36-24)39-30(43)49-33(3,4)5/h11-14,17,23H,9-10,15-16H2,1-8H3,(H,39,43)(H,44,45)(H,36,38,42)/t17-,23-/m0/s1. The summed E-state index contributed by atoms with van der Waals surface area (Å²) in [4.78, 5) is 61.5. The second-order valence-electron chi connectivity index (χ2n) is 14.2. The molecule has 15 nitrogen and oxygen atoms in total. The van der Waals surface area contributed by atoms with Gasteiger partial charge in [0.25, 0.3) is 0 Å². The van der Waals surface area contributed by atoms with E-state index in [1.165, 1.54) is 29.4 Å². The molecule has 2 atom stereocenters. The summed E-state index contributed by atoms with van der Waals surface area (Å²) in [6.07, 6.45) is -1.43. The van der Waals surface area contributed by atoms with E-state index in [1.54, 1.807) is 48.5 Å². The van der Waals surface area contributed by atoms with E-state index in [0.29, 0.717) is 17.5 Å². The van der Waals surface area contributed by atoms with Crippen molar-refractivity contribution in [3.8, 4) is 17.0 Å². The number of anilines is 3. The van der Waals surface area contributed by atoms with E-state index in [2.05, 4.69) is 20.6 Å². The zero-order valence-corrected chi connectivity index (χ0v) is 29.2. The van der Waals surface area contributed by atoms with E-state index in [-0.39, 0.29) is 65.2 Å². The van der Waals surface area contributed by atoms with E-state index in [1.807, 2.05) is 6.92 Å². The number of aromatic nitrogens is 2. The van der Waals surface area contributed by atoms with Crippen LogP contribution < -0.4 is 20.3 Å². The molecule has 1 saturated heterocycles. The van der Waals surface area contributed by atoms with E-state index in [9.17, 15) is 24.3 Å². The van der Waals surface area contributed by atoms with Gasteiger partial charge in [-0.3, -0.25) is 15.5 Å². The molecule has 2 aliphatic rings. The van der Waals surface area contributed by atoms with Crippen molar-refractivity contribution < 1.29 is 47.6 Å². The Balaban J connectivity index is 1.48. The van der Waals surface area contributed by atoms with Crippen molar-refractivity contribution in [1.29, 1.82) is 0 Å². The van der Waals surface area contributed by atoms with Crippen molar-refractivity contribution >= 4 is 52.3 Å². The van der Waals surface area contributed by atoms with Gasteiger partial charge in [-0.05, 0) is 71.5 Å². The van der Waals surface area contributed by atoms with Gasteiger partial charge >= 0.3 is 24.4 Å². The predicted molar refractivity (Wildman–Crippen MR) is 181 cm³/mol. The molecule has 0 saturated carbocycles. The number of likely N-dealkylation sites (tertiary alicyclic amines) is 1. The fraction of sp³-hybridized carbons (Fsp3) is 0.471. The lowest BCUT2D eigenvalue weighted by molar-refractivity contribution is 0.0262. The van der Waals surface area contributed by atoms with Crippen LogP contribution >= 0.6 is 0 Å². The minimum atomic E-state index is -1.22. The van der Waals surface area contributed by atoms with Gasteiger partial charge in [-0.15, -0.1) is 0 Å². The van der Waals surface area contributed by atoms with E-state index in [4.69, 9.17) is 18.9 Å². The van der Waals surface area contributed by atoms with Gasteiger partial charge in [0.1, 0.15) is 35.4 Å². The van der Waals surface area contributed by atoms with Crippen LogP contribution in [0.25, 0.3) is 21.9 Å². The first-order chi connectivity index (χ1) is 23.3. The van der Waals surface area contributed by atoms with Crippen molar-refractivity contribution in [3.63, 3.8) is 0 Å². The van der Waals surface area contributed by atoms with Crippen LogP contribution in [0.4, 0.5) is 40.8 Å². The molecular weight excluding hydrogens is 655 g/mol. The Kier molecular flexibility index (Phi) is 9.67. The number of carbonyl (C=O) groups excluding carboxylic acids is 3. The summed E-state index contributed by atoms with van der Waals surface area (Å²) in [6, 6.07) is 2.95. The maximum atomic E-state index is 16.5. The van der Waals surface area contributed by atoms with Crippen LogP contribution in [0.15, 0.2) is 24.5 Å². The molecule has 2 aromatic heterocycles. The molecule has 1 fully saturated rings. The van der Waals surface area contributed by atoms with E-state index in [0.717, 1.165) is 4.90 Å². The number of hydrogen-bond acceptors (Lipinski definition) is 10. The SMILES string of the molecule is Cc1c(-c2cc3cc(NC(=O)O[C@H]4CN(C(=O)OC(C)(C)C)C[C@@H]4C)ncc3c(NC(=O)OC(C)(C)C)c2F)cnc2c1N(C(=O)O)CCO2. The molecule has 268 valence electrons. The Morgan fingerprint density at radius 1 is 0.960 bits per heavy atom. The molecule has 0 radical (unpaired) electrons. The maximum absolute atomic E-state index is 16.5. The third-order valence-electron chi connectivity index (χ3n) is 7.89. The van der Waals surface area contributed by atoms with Gasteiger partial charge in [-0.1, -0.05) is 6.92 Å². The van der Waals surface area contributed by atoms with Crippen LogP contribution in [0, 0.1) is 18.7 Å². The highest BCUT2D eigenvalue weighted by Gasteiger charge is 2.37. The summed E-state index contributed by atoms with van der Waals surface area (Å²) in [6.45, 7) is 14.4. The highest BCUT2D eigenvalue weighted by atomic mass is 19.1. The van der Waals surface area contributed by atoms with Crippen molar-refractivity contribution in [1.82, 2.24) is 14.9 Å². The van der Waals surface area contributed by atoms with Gasteiger partial charge in [0.05, 0.1) is 18.8 Å². The maximum Gasteiger partial charge on any atom is 0.413 e. The predicted octanol–water partition coefficient (Wildman–Crippen LogP) is 6.77. The molecule has 4 amide bonds. The Morgan fingerprint density at radius 3 is 2.32 bits per heavy atom. The largest absolute Gasteiger partial charge is 0.474 e.